The number of unbranched alkanes of at least 4 members (excludes halogenated alkanes) is 1. The molecule has 1 unspecified atom stereocenters. The maximum absolute atomic E-state index is 8.73. The fourth-order valence-electron chi connectivity index (χ4n) is 2.02. The molecule has 1 aromatic rings. The van der Waals surface area contributed by atoms with Gasteiger partial charge in [0.15, 0.2) is 0 Å². The molecule has 0 aliphatic heterocycles. The van der Waals surface area contributed by atoms with E-state index in [1.807, 2.05) is 0 Å². The second-order valence-electron chi connectivity index (χ2n) is 5.17. The van der Waals surface area contributed by atoms with E-state index in [-0.39, 0.29) is 12.6 Å². The van der Waals surface area contributed by atoms with Crippen LogP contribution in [0.15, 0.2) is 24.3 Å². The van der Waals surface area contributed by atoms with E-state index >= 15 is 0 Å². The second-order valence-corrected chi connectivity index (χ2v) is 5.17. The Morgan fingerprint density at radius 1 is 1.12 bits per heavy atom. The van der Waals surface area contributed by atoms with Gasteiger partial charge in [0.05, 0.1) is 0 Å². The largest absolute Gasteiger partial charge is 0.396 e. The van der Waals surface area contributed by atoms with E-state index in [1.54, 1.807) is 0 Å². The molecule has 1 aromatic carbocycles. The van der Waals surface area contributed by atoms with Crippen molar-refractivity contribution in [2.45, 2.75) is 45.6 Å². The van der Waals surface area contributed by atoms with Crippen LogP contribution in [0, 0.1) is 5.92 Å². The van der Waals surface area contributed by atoms with E-state index in [9.17, 15) is 0 Å². The number of rotatable bonds is 7. The molecule has 0 fully saturated rings. The highest BCUT2D eigenvalue weighted by atomic mass is 16.2. The highest BCUT2D eigenvalue weighted by molar-refractivity contribution is 5.25. The van der Waals surface area contributed by atoms with Crippen LogP contribution >= 0.6 is 0 Å². The predicted molar refractivity (Wildman–Crippen MR) is 72.8 cm³/mol. The SMILES string of the molecule is CC(C)Cc1ccc(C(N)CCCCO)cc1. The molecule has 0 aliphatic carbocycles. The van der Waals surface area contributed by atoms with Gasteiger partial charge in [-0.3, -0.25) is 0 Å². The molecular formula is C15H25NO. The molecule has 96 valence electrons. The Labute approximate surface area is 105 Å². The van der Waals surface area contributed by atoms with Crippen molar-refractivity contribution in [1.29, 1.82) is 0 Å². The van der Waals surface area contributed by atoms with Crippen LogP contribution in [0.1, 0.15) is 50.3 Å². The Morgan fingerprint density at radius 2 is 1.76 bits per heavy atom. The lowest BCUT2D eigenvalue weighted by atomic mass is 9.97. The third-order valence-electron chi connectivity index (χ3n) is 2.98. The summed E-state index contributed by atoms with van der Waals surface area (Å²) in [6.45, 7) is 4.73. The number of hydrogen-bond acceptors (Lipinski definition) is 2. The summed E-state index contributed by atoms with van der Waals surface area (Å²) in [6, 6.07) is 8.75. The quantitative estimate of drug-likeness (QED) is 0.714. The van der Waals surface area contributed by atoms with Gasteiger partial charge in [0.25, 0.3) is 0 Å². The molecule has 0 heterocycles. The van der Waals surface area contributed by atoms with Gasteiger partial charge in [-0.2, -0.15) is 0 Å². The van der Waals surface area contributed by atoms with Crippen molar-refractivity contribution in [3.8, 4) is 0 Å². The first-order valence-corrected chi connectivity index (χ1v) is 6.58. The lowest BCUT2D eigenvalue weighted by Gasteiger charge is -2.13. The van der Waals surface area contributed by atoms with E-state index in [4.69, 9.17) is 10.8 Å². The highest BCUT2D eigenvalue weighted by Gasteiger charge is 2.05. The first kappa shape index (κ1) is 14.2. The van der Waals surface area contributed by atoms with Crippen molar-refractivity contribution in [1.82, 2.24) is 0 Å². The minimum absolute atomic E-state index is 0.106. The number of aliphatic hydroxyl groups excluding tert-OH is 1. The fraction of sp³-hybridized carbons (Fsp3) is 0.600. The Hall–Kier alpha value is -0.860. The number of nitrogens with two attached hydrogens (primary N) is 1. The number of hydrogen-bond donors (Lipinski definition) is 2. The monoisotopic (exact) mass is 235 g/mol. The Morgan fingerprint density at radius 3 is 2.29 bits per heavy atom. The van der Waals surface area contributed by atoms with Crippen molar-refractivity contribution in [2.24, 2.45) is 11.7 Å². The summed E-state index contributed by atoms with van der Waals surface area (Å²) in [7, 11) is 0. The summed E-state index contributed by atoms with van der Waals surface area (Å²) in [5.41, 5.74) is 8.69. The maximum Gasteiger partial charge on any atom is 0.0431 e. The summed E-state index contributed by atoms with van der Waals surface area (Å²) >= 11 is 0. The maximum atomic E-state index is 8.73. The van der Waals surface area contributed by atoms with Crippen LogP contribution < -0.4 is 5.73 Å². The van der Waals surface area contributed by atoms with Crippen molar-refractivity contribution in [3.05, 3.63) is 35.4 Å². The van der Waals surface area contributed by atoms with Crippen LogP contribution in [0.25, 0.3) is 0 Å². The van der Waals surface area contributed by atoms with Crippen LogP contribution in [0.5, 0.6) is 0 Å². The predicted octanol–water partition coefficient (Wildman–Crippen LogP) is 3.05. The molecule has 17 heavy (non-hydrogen) atoms. The Balaban J connectivity index is 2.48. The van der Waals surface area contributed by atoms with Crippen molar-refractivity contribution in [2.75, 3.05) is 6.61 Å². The molecule has 0 radical (unpaired) electrons. The van der Waals surface area contributed by atoms with Crippen molar-refractivity contribution >= 4 is 0 Å². The first-order chi connectivity index (χ1) is 8.13. The third-order valence-corrected chi connectivity index (χ3v) is 2.98. The van der Waals surface area contributed by atoms with Crippen molar-refractivity contribution in [3.63, 3.8) is 0 Å². The van der Waals surface area contributed by atoms with Gasteiger partial charge >= 0.3 is 0 Å². The minimum Gasteiger partial charge on any atom is -0.396 e. The van der Waals surface area contributed by atoms with Gasteiger partial charge in [0.1, 0.15) is 0 Å². The lowest BCUT2D eigenvalue weighted by molar-refractivity contribution is 0.281. The summed E-state index contributed by atoms with van der Waals surface area (Å²) < 4.78 is 0. The molecule has 0 aromatic heterocycles. The summed E-state index contributed by atoms with van der Waals surface area (Å²) in [4.78, 5) is 0. The molecule has 1 rings (SSSR count). The molecule has 3 N–H and O–H groups in total. The van der Waals surface area contributed by atoms with Crippen LogP contribution in [0.4, 0.5) is 0 Å². The zero-order valence-corrected chi connectivity index (χ0v) is 11.0. The Kier molecular flexibility index (Phi) is 6.23. The normalized spacial score (nSPS) is 13.0. The standard InChI is InChI=1S/C15H25NO/c1-12(2)11-13-6-8-14(9-7-13)15(16)5-3-4-10-17/h6-9,12,15,17H,3-5,10-11,16H2,1-2H3. The van der Waals surface area contributed by atoms with Gasteiger partial charge < -0.3 is 10.8 Å². The van der Waals surface area contributed by atoms with E-state index in [0.717, 1.165) is 25.7 Å². The smallest absolute Gasteiger partial charge is 0.0431 e. The zero-order chi connectivity index (χ0) is 12.7. The second kappa shape index (κ2) is 7.46. The lowest BCUT2D eigenvalue weighted by Crippen LogP contribution is -2.10. The van der Waals surface area contributed by atoms with E-state index in [1.165, 1.54) is 11.1 Å². The topological polar surface area (TPSA) is 46.2 Å². The van der Waals surface area contributed by atoms with E-state index < -0.39 is 0 Å². The summed E-state index contributed by atoms with van der Waals surface area (Å²) in [5.74, 6) is 0.694. The summed E-state index contributed by atoms with van der Waals surface area (Å²) in [6.07, 6.45) is 3.91. The molecule has 2 nitrogen and oxygen atoms in total. The first-order valence-electron chi connectivity index (χ1n) is 6.58. The van der Waals surface area contributed by atoms with Crippen LogP contribution in [-0.4, -0.2) is 11.7 Å². The fourth-order valence-corrected chi connectivity index (χ4v) is 2.02. The molecule has 0 amide bonds. The van der Waals surface area contributed by atoms with Gasteiger partial charge in [-0.25, -0.2) is 0 Å². The average Bonchev–Trinajstić information content (AvgIpc) is 2.29. The molecule has 0 saturated heterocycles. The minimum atomic E-state index is 0.106. The van der Waals surface area contributed by atoms with Gasteiger partial charge in [0.2, 0.25) is 0 Å². The molecule has 1 atom stereocenters. The van der Waals surface area contributed by atoms with E-state index in [2.05, 4.69) is 38.1 Å². The van der Waals surface area contributed by atoms with Crippen LogP contribution in [-0.2, 0) is 6.42 Å². The van der Waals surface area contributed by atoms with Crippen LogP contribution in [0.3, 0.4) is 0 Å². The molecule has 0 spiro atoms. The molecule has 0 saturated carbocycles. The van der Waals surface area contributed by atoms with E-state index in [0.29, 0.717) is 5.92 Å². The molecular weight excluding hydrogens is 210 g/mol. The zero-order valence-electron chi connectivity index (χ0n) is 11.0. The van der Waals surface area contributed by atoms with Crippen molar-refractivity contribution < 1.29 is 5.11 Å². The number of aliphatic hydroxyl groups is 1. The third kappa shape index (κ3) is 5.33. The van der Waals surface area contributed by atoms with Gasteiger partial charge in [-0.1, -0.05) is 38.1 Å². The molecule has 0 bridgehead atoms. The Bertz CT molecular complexity index is 305. The number of benzene rings is 1. The van der Waals surface area contributed by atoms with Gasteiger partial charge in [-0.05, 0) is 42.7 Å². The van der Waals surface area contributed by atoms with Crippen LogP contribution in [0.2, 0.25) is 0 Å². The highest BCUT2D eigenvalue weighted by Crippen LogP contribution is 2.18. The average molecular weight is 235 g/mol. The molecule has 2 heteroatoms. The van der Waals surface area contributed by atoms with Gasteiger partial charge in [0, 0.05) is 12.6 Å². The van der Waals surface area contributed by atoms with Gasteiger partial charge in [-0.15, -0.1) is 0 Å². The summed E-state index contributed by atoms with van der Waals surface area (Å²) in [5, 5.41) is 8.73. The molecule has 0 aliphatic rings.